The minimum Gasteiger partial charge on any atom is -0.354 e. The second kappa shape index (κ2) is 6.52. The molecule has 0 aliphatic carbocycles. The van der Waals surface area contributed by atoms with Crippen molar-refractivity contribution in [1.82, 2.24) is 10.2 Å². The molecule has 0 aromatic heterocycles. The zero-order valence-electron chi connectivity index (χ0n) is 12.1. The van der Waals surface area contributed by atoms with Crippen molar-refractivity contribution in [3.63, 3.8) is 0 Å². The molecule has 2 amide bonds. The van der Waals surface area contributed by atoms with Gasteiger partial charge in [0.05, 0.1) is 26.2 Å². The van der Waals surface area contributed by atoms with E-state index in [4.69, 9.17) is 0 Å². The summed E-state index contributed by atoms with van der Waals surface area (Å²) in [5, 5.41) is 2.68. The van der Waals surface area contributed by atoms with Gasteiger partial charge in [-0.3, -0.25) is 9.59 Å². The van der Waals surface area contributed by atoms with E-state index in [-0.39, 0.29) is 17.9 Å². The van der Waals surface area contributed by atoms with Gasteiger partial charge in [-0.25, -0.2) is 0 Å². The summed E-state index contributed by atoms with van der Waals surface area (Å²) in [5.41, 5.74) is 0.732. The molecular formula is C15H22N3O2+. The highest BCUT2D eigenvalue weighted by atomic mass is 16.2. The molecule has 0 saturated carbocycles. The lowest BCUT2D eigenvalue weighted by atomic mass is 10.1. The average Bonchev–Trinajstić information content (AvgIpc) is 2.53. The number of hydrogen-bond acceptors (Lipinski definition) is 2. The molecule has 1 heterocycles. The molecular weight excluding hydrogens is 254 g/mol. The van der Waals surface area contributed by atoms with Crippen molar-refractivity contribution in [1.29, 1.82) is 0 Å². The molecule has 5 nitrogen and oxygen atoms in total. The van der Waals surface area contributed by atoms with Gasteiger partial charge in [-0.05, 0) is 19.1 Å². The second-order valence-corrected chi connectivity index (χ2v) is 5.15. The van der Waals surface area contributed by atoms with Gasteiger partial charge in [-0.2, -0.15) is 0 Å². The predicted octanol–water partition coefficient (Wildman–Crippen LogP) is -0.838. The van der Waals surface area contributed by atoms with Crippen molar-refractivity contribution >= 4 is 11.8 Å². The number of carbonyl (C=O) groups excluding carboxylic acids is 2. The van der Waals surface area contributed by atoms with Crippen LogP contribution in [0.4, 0.5) is 0 Å². The summed E-state index contributed by atoms with van der Waals surface area (Å²) in [7, 11) is 1.66. The Balaban J connectivity index is 1.91. The van der Waals surface area contributed by atoms with Gasteiger partial charge >= 0.3 is 0 Å². The first-order chi connectivity index (χ1) is 9.63. The summed E-state index contributed by atoms with van der Waals surface area (Å²) in [6.07, 6.45) is 0. The Labute approximate surface area is 119 Å². The molecule has 1 aromatic rings. The van der Waals surface area contributed by atoms with E-state index < -0.39 is 0 Å². The molecule has 2 rings (SSSR count). The van der Waals surface area contributed by atoms with Crippen molar-refractivity contribution in [3.8, 4) is 0 Å². The molecule has 20 heavy (non-hydrogen) atoms. The van der Waals surface area contributed by atoms with Crippen LogP contribution in [0.2, 0.25) is 0 Å². The quantitative estimate of drug-likeness (QED) is 0.756. The maximum absolute atomic E-state index is 12.3. The van der Waals surface area contributed by atoms with E-state index in [0.717, 1.165) is 18.7 Å². The van der Waals surface area contributed by atoms with Crippen LogP contribution in [0.1, 0.15) is 17.3 Å². The fraction of sp³-hybridized carbons (Fsp3) is 0.467. The zero-order valence-corrected chi connectivity index (χ0v) is 12.1. The number of hydrogen-bond donors (Lipinski definition) is 2. The van der Waals surface area contributed by atoms with E-state index in [1.165, 1.54) is 4.90 Å². The molecule has 1 atom stereocenters. The Bertz CT molecular complexity index is 467. The first-order valence-electron chi connectivity index (χ1n) is 7.04. The number of carbonyl (C=O) groups is 2. The lowest BCUT2D eigenvalue weighted by molar-refractivity contribution is -0.917. The number of rotatable bonds is 3. The largest absolute Gasteiger partial charge is 0.354 e. The molecule has 0 spiro atoms. The molecule has 1 fully saturated rings. The third-order valence-electron chi connectivity index (χ3n) is 3.97. The Morgan fingerprint density at radius 1 is 1.20 bits per heavy atom. The minimum absolute atomic E-state index is 0.0582. The molecule has 0 radical (unpaired) electrons. The summed E-state index contributed by atoms with van der Waals surface area (Å²) in [6.45, 7) is 4.96. The smallest absolute Gasteiger partial charge is 0.277 e. The third-order valence-corrected chi connectivity index (χ3v) is 3.97. The Hall–Kier alpha value is -1.88. The van der Waals surface area contributed by atoms with Gasteiger partial charge in [0.25, 0.3) is 11.8 Å². The standard InChI is InChI=1S/C15H21N3O2/c1-12(14(19)16-2)17-8-10-18(11-9-17)15(20)13-6-4-3-5-7-13/h3-7,12H,8-11H2,1-2H3,(H,16,19)/p+1/t12-/m1/s1. The molecule has 2 N–H and O–H groups in total. The van der Waals surface area contributed by atoms with E-state index >= 15 is 0 Å². The van der Waals surface area contributed by atoms with E-state index in [1.54, 1.807) is 7.05 Å². The predicted molar refractivity (Wildman–Crippen MR) is 76.6 cm³/mol. The minimum atomic E-state index is -0.0611. The molecule has 1 aliphatic heterocycles. The van der Waals surface area contributed by atoms with Crippen LogP contribution >= 0.6 is 0 Å². The van der Waals surface area contributed by atoms with Gasteiger partial charge in [0.2, 0.25) is 0 Å². The zero-order chi connectivity index (χ0) is 14.5. The topological polar surface area (TPSA) is 53.9 Å². The third kappa shape index (κ3) is 3.17. The SMILES string of the molecule is CNC(=O)[C@@H](C)[NH+]1CCN(C(=O)c2ccccc2)CC1. The highest BCUT2D eigenvalue weighted by Crippen LogP contribution is 2.04. The first kappa shape index (κ1) is 14.5. The van der Waals surface area contributed by atoms with Crippen molar-refractivity contribution in [2.45, 2.75) is 13.0 Å². The van der Waals surface area contributed by atoms with E-state index in [1.807, 2.05) is 42.2 Å². The van der Waals surface area contributed by atoms with Crippen LogP contribution in [0.3, 0.4) is 0 Å². The van der Waals surface area contributed by atoms with E-state index in [0.29, 0.717) is 13.1 Å². The maximum Gasteiger partial charge on any atom is 0.277 e. The summed E-state index contributed by atoms with van der Waals surface area (Å²) >= 11 is 0. The number of piperazine rings is 1. The average molecular weight is 276 g/mol. The molecule has 1 saturated heterocycles. The number of likely N-dealkylation sites (N-methyl/N-ethyl adjacent to an activating group) is 1. The van der Waals surface area contributed by atoms with E-state index in [9.17, 15) is 9.59 Å². The molecule has 1 aliphatic rings. The highest BCUT2D eigenvalue weighted by Gasteiger charge is 2.30. The van der Waals surface area contributed by atoms with Crippen molar-refractivity contribution < 1.29 is 14.5 Å². The molecule has 0 bridgehead atoms. The normalized spacial score (nSPS) is 17.6. The van der Waals surface area contributed by atoms with Crippen LogP contribution in [0.25, 0.3) is 0 Å². The van der Waals surface area contributed by atoms with Crippen LogP contribution in [-0.4, -0.2) is 56.0 Å². The van der Waals surface area contributed by atoms with Crippen molar-refractivity contribution in [3.05, 3.63) is 35.9 Å². The summed E-state index contributed by atoms with van der Waals surface area (Å²) < 4.78 is 0. The first-order valence-corrected chi connectivity index (χ1v) is 7.04. The van der Waals surface area contributed by atoms with Gasteiger partial charge < -0.3 is 15.1 Å². The van der Waals surface area contributed by atoms with Gasteiger partial charge in [0.1, 0.15) is 0 Å². The monoisotopic (exact) mass is 276 g/mol. The van der Waals surface area contributed by atoms with Gasteiger partial charge in [-0.15, -0.1) is 0 Å². The maximum atomic E-state index is 12.3. The number of nitrogens with zero attached hydrogens (tertiary/aromatic N) is 1. The van der Waals surface area contributed by atoms with E-state index in [2.05, 4.69) is 5.32 Å². The lowest BCUT2D eigenvalue weighted by Gasteiger charge is -2.34. The lowest BCUT2D eigenvalue weighted by Crippen LogP contribution is -3.19. The van der Waals surface area contributed by atoms with Crippen LogP contribution in [-0.2, 0) is 4.79 Å². The van der Waals surface area contributed by atoms with Gasteiger partial charge in [0, 0.05) is 12.6 Å². The van der Waals surface area contributed by atoms with Crippen LogP contribution in [0.15, 0.2) is 30.3 Å². The number of amides is 2. The number of nitrogens with one attached hydrogen (secondary N) is 2. The Kier molecular flexibility index (Phi) is 4.74. The second-order valence-electron chi connectivity index (χ2n) is 5.15. The van der Waals surface area contributed by atoms with Crippen LogP contribution < -0.4 is 10.2 Å². The van der Waals surface area contributed by atoms with Gasteiger partial charge in [0.15, 0.2) is 6.04 Å². The highest BCUT2D eigenvalue weighted by molar-refractivity contribution is 5.94. The van der Waals surface area contributed by atoms with Crippen LogP contribution in [0.5, 0.6) is 0 Å². The van der Waals surface area contributed by atoms with Crippen LogP contribution in [0, 0.1) is 0 Å². The molecule has 1 aromatic carbocycles. The van der Waals surface area contributed by atoms with Gasteiger partial charge in [-0.1, -0.05) is 18.2 Å². The summed E-state index contributed by atoms with van der Waals surface area (Å²) in [5.74, 6) is 0.139. The van der Waals surface area contributed by atoms with Crippen molar-refractivity contribution in [2.75, 3.05) is 33.2 Å². The fourth-order valence-electron chi connectivity index (χ4n) is 2.60. The van der Waals surface area contributed by atoms with Crippen molar-refractivity contribution in [2.24, 2.45) is 0 Å². The Morgan fingerprint density at radius 2 is 1.80 bits per heavy atom. The number of quaternary nitrogens is 1. The molecule has 108 valence electrons. The number of benzene rings is 1. The fourth-order valence-corrected chi connectivity index (χ4v) is 2.60. The summed E-state index contributed by atoms with van der Waals surface area (Å²) in [4.78, 5) is 27.0. The Morgan fingerprint density at radius 3 is 2.35 bits per heavy atom. The molecule has 0 unspecified atom stereocenters. The molecule has 5 heteroatoms. The summed E-state index contributed by atoms with van der Waals surface area (Å²) in [6, 6.07) is 9.28.